The van der Waals surface area contributed by atoms with Gasteiger partial charge in [-0.05, 0) is 30.5 Å². The third kappa shape index (κ3) is 3.58. The fourth-order valence-electron chi connectivity index (χ4n) is 3.40. The lowest BCUT2D eigenvalue weighted by atomic mass is 9.94. The molecule has 8 nitrogen and oxygen atoms in total. The molecule has 0 bridgehead atoms. The molecule has 1 aliphatic carbocycles. The number of aromatic nitrogens is 3. The van der Waals surface area contributed by atoms with Crippen LogP contribution in [0.1, 0.15) is 17.7 Å². The normalized spacial score (nSPS) is 20.0. The van der Waals surface area contributed by atoms with Crippen molar-refractivity contribution in [3.05, 3.63) is 35.8 Å². The number of rotatable bonds is 3. The molecule has 0 unspecified atom stereocenters. The second-order valence-electron chi connectivity index (χ2n) is 6.39. The van der Waals surface area contributed by atoms with E-state index in [4.69, 9.17) is 4.74 Å². The van der Waals surface area contributed by atoms with Gasteiger partial charge in [-0.2, -0.15) is 5.10 Å². The zero-order chi connectivity index (χ0) is 17.1. The molecule has 3 heterocycles. The van der Waals surface area contributed by atoms with Crippen LogP contribution >= 0.6 is 0 Å². The molecule has 4 rings (SSSR count). The van der Waals surface area contributed by atoms with Crippen LogP contribution in [0.25, 0.3) is 0 Å². The first-order chi connectivity index (χ1) is 12.3. The Morgan fingerprint density at radius 2 is 2.24 bits per heavy atom. The number of ether oxygens (including phenoxy) is 1. The maximum absolute atomic E-state index is 12.4. The van der Waals surface area contributed by atoms with Gasteiger partial charge >= 0.3 is 6.03 Å². The minimum atomic E-state index is -0.199. The van der Waals surface area contributed by atoms with Gasteiger partial charge in [0.15, 0.2) is 5.82 Å². The van der Waals surface area contributed by atoms with Crippen LogP contribution in [0.15, 0.2) is 24.5 Å². The summed E-state index contributed by atoms with van der Waals surface area (Å²) in [5.74, 6) is 0.792. The number of hydrogen-bond donors (Lipinski definition) is 3. The van der Waals surface area contributed by atoms with Gasteiger partial charge in [0.05, 0.1) is 25.1 Å². The Balaban J connectivity index is 1.40. The summed E-state index contributed by atoms with van der Waals surface area (Å²) in [7, 11) is 0. The van der Waals surface area contributed by atoms with Gasteiger partial charge < -0.3 is 20.3 Å². The summed E-state index contributed by atoms with van der Waals surface area (Å²) < 4.78 is 5.39. The van der Waals surface area contributed by atoms with Gasteiger partial charge in [0.2, 0.25) is 0 Å². The number of carbonyl (C=O) groups excluding carboxylic acids is 1. The summed E-state index contributed by atoms with van der Waals surface area (Å²) in [6, 6.07) is 3.62. The lowest BCUT2D eigenvalue weighted by molar-refractivity contribution is 0.122. The number of aryl methyl sites for hydroxylation is 1. The Bertz CT molecular complexity index is 740. The second kappa shape index (κ2) is 7.10. The highest BCUT2D eigenvalue weighted by atomic mass is 16.5. The molecular formula is C17H22N6O2. The van der Waals surface area contributed by atoms with Crippen LogP contribution in [0.3, 0.4) is 0 Å². The van der Waals surface area contributed by atoms with Gasteiger partial charge in [-0.15, -0.1) is 0 Å². The van der Waals surface area contributed by atoms with Crippen molar-refractivity contribution in [1.29, 1.82) is 0 Å². The van der Waals surface area contributed by atoms with Gasteiger partial charge in [0, 0.05) is 37.4 Å². The number of morpholine rings is 1. The molecule has 3 N–H and O–H groups in total. The molecule has 1 saturated heterocycles. The van der Waals surface area contributed by atoms with Gasteiger partial charge in [0.25, 0.3) is 0 Å². The molecule has 0 saturated carbocycles. The van der Waals surface area contributed by atoms with Crippen LogP contribution in [-0.2, 0) is 17.6 Å². The van der Waals surface area contributed by atoms with Crippen molar-refractivity contribution in [2.75, 3.05) is 36.5 Å². The average molecular weight is 342 g/mol. The molecule has 2 amide bonds. The van der Waals surface area contributed by atoms with E-state index >= 15 is 0 Å². The number of aromatic amines is 1. The lowest BCUT2D eigenvalue weighted by Gasteiger charge is -2.29. The third-order valence-corrected chi connectivity index (χ3v) is 4.70. The quantitative estimate of drug-likeness (QED) is 0.782. The topological polar surface area (TPSA) is 95.2 Å². The minimum absolute atomic E-state index is 0.108. The fourth-order valence-corrected chi connectivity index (χ4v) is 3.40. The van der Waals surface area contributed by atoms with E-state index in [1.54, 1.807) is 6.20 Å². The Labute approximate surface area is 146 Å². The number of nitrogens with zero attached hydrogens (tertiary/aromatic N) is 3. The molecule has 2 aromatic rings. The molecule has 2 aromatic heterocycles. The fraction of sp³-hybridized carbons (Fsp3) is 0.471. The number of hydrogen-bond acceptors (Lipinski definition) is 5. The predicted molar refractivity (Wildman–Crippen MR) is 93.8 cm³/mol. The first-order valence-corrected chi connectivity index (χ1v) is 8.66. The number of anilines is 2. The molecule has 0 radical (unpaired) electrons. The molecule has 1 aliphatic heterocycles. The Kier molecular flexibility index (Phi) is 4.51. The summed E-state index contributed by atoms with van der Waals surface area (Å²) in [5.41, 5.74) is 3.09. The number of nitrogens with one attached hydrogen (secondary N) is 3. The number of fused-ring (bicyclic) bond motifs is 1. The number of amides is 2. The van der Waals surface area contributed by atoms with Gasteiger partial charge in [-0.3, -0.25) is 5.10 Å². The molecule has 132 valence electrons. The highest BCUT2D eigenvalue weighted by molar-refractivity contribution is 5.92. The van der Waals surface area contributed by atoms with Gasteiger partial charge in [-0.1, -0.05) is 0 Å². The molecule has 1 fully saturated rings. The monoisotopic (exact) mass is 342 g/mol. The number of H-pyrrole nitrogens is 1. The highest BCUT2D eigenvalue weighted by Crippen LogP contribution is 2.24. The van der Waals surface area contributed by atoms with E-state index in [9.17, 15) is 4.79 Å². The summed E-state index contributed by atoms with van der Waals surface area (Å²) in [6.07, 6.45) is 6.25. The van der Waals surface area contributed by atoms with E-state index in [2.05, 4.69) is 30.7 Å². The maximum atomic E-state index is 12.4. The molecular weight excluding hydrogens is 320 g/mol. The zero-order valence-electron chi connectivity index (χ0n) is 14.0. The number of carbonyl (C=O) groups is 1. The molecule has 0 aromatic carbocycles. The smallest absolute Gasteiger partial charge is 0.319 e. The average Bonchev–Trinajstić information content (AvgIpc) is 3.10. The predicted octanol–water partition coefficient (Wildman–Crippen LogP) is 1.32. The summed E-state index contributed by atoms with van der Waals surface area (Å²) in [6.45, 7) is 2.91. The van der Waals surface area contributed by atoms with Gasteiger partial charge in [-0.25, -0.2) is 9.78 Å². The maximum Gasteiger partial charge on any atom is 0.319 e. The first kappa shape index (κ1) is 15.9. The number of urea groups is 1. The van der Waals surface area contributed by atoms with Crippen molar-refractivity contribution in [1.82, 2.24) is 20.5 Å². The van der Waals surface area contributed by atoms with Crippen molar-refractivity contribution in [2.45, 2.75) is 25.3 Å². The number of pyridine rings is 1. The van der Waals surface area contributed by atoms with Gasteiger partial charge in [0.1, 0.15) is 0 Å². The molecule has 1 atom stereocenters. The SMILES string of the molecule is O=C(Nc1cccnc1N1CCOCC1)N[C@H]1CCc2cn[nH]c2C1. The lowest BCUT2D eigenvalue weighted by Crippen LogP contribution is -2.42. The third-order valence-electron chi connectivity index (χ3n) is 4.70. The summed E-state index contributed by atoms with van der Waals surface area (Å²) >= 11 is 0. The highest BCUT2D eigenvalue weighted by Gasteiger charge is 2.22. The molecule has 8 heteroatoms. The van der Waals surface area contributed by atoms with Crippen LogP contribution < -0.4 is 15.5 Å². The summed E-state index contributed by atoms with van der Waals surface area (Å²) in [5, 5.41) is 13.1. The largest absolute Gasteiger partial charge is 0.378 e. The Hall–Kier alpha value is -2.61. The van der Waals surface area contributed by atoms with E-state index < -0.39 is 0 Å². The van der Waals surface area contributed by atoms with E-state index in [0.29, 0.717) is 13.2 Å². The Morgan fingerprint density at radius 1 is 1.36 bits per heavy atom. The van der Waals surface area contributed by atoms with E-state index in [1.165, 1.54) is 5.56 Å². The minimum Gasteiger partial charge on any atom is -0.378 e. The van der Waals surface area contributed by atoms with Crippen molar-refractivity contribution in [3.8, 4) is 0 Å². The van der Waals surface area contributed by atoms with E-state index in [0.717, 1.165) is 49.6 Å². The van der Waals surface area contributed by atoms with Crippen molar-refractivity contribution < 1.29 is 9.53 Å². The standard InChI is InChI=1S/C17H22N6O2/c24-17(20-13-4-3-12-11-19-22-15(12)10-13)21-14-2-1-5-18-16(14)23-6-8-25-9-7-23/h1-2,5,11,13H,3-4,6-10H2,(H,19,22)(H2,20,21,24)/t13-/m0/s1. The van der Waals surface area contributed by atoms with Crippen LogP contribution in [-0.4, -0.2) is 53.6 Å². The van der Waals surface area contributed by atoms with Crippen LogP contribution in [0.2, 0.25) is 0 Å². The van der Waals surface area contributed by atoms with Crippen LogP contribution in [0, 0.1) is 0 Å². The molecule has 0 spiro atoms. The molecule has 25 heavy (non-hydrogen) atoms. The van der Waals surface area contributed by atoms with Crippen molar-refractivity contribution in [2.24, 2.45) is 0 Å². The van der Waals surface area contributed by atoms with Crippen molar-refractivity contribution in [3.63, 3.8) is 0 Å². The van der Waals surface area contributed by atoms with Crippen LogP contribution in [0.5, 0.6) is 0 Å². The van der Waals surface area contributed by atoms with E-state index in [1.807, 2.05) is 18.3 Å². The molecule has 2 aliphatic rings. The Morgan fingerprint density at radius 3 is 3.12 bits per heavy atom. The second-order valence-corrected chi connectivity index (χ2v) is 6.39. The zero-order valence-corrected chi connectivity index (χ0v) is 14.0. The van der Waals surface area contributed by atoms with E-state index in [-0.39, 0.29) is 12.1 Å². The van der Waals surface area contributed by atoms with Crippen LogP contribution in [0.4, 0.5) is 16.3 Å². The van der Waals surface area contributed by atoms with Crippen molar-refractivity contribution >= 4 is 17.5 Å². The first-order valence-electron chi connectivity index (χ1n) is 8.66. The summed E-state index contributed by atoms with van der Waals surface area (Å²) in [4.78, 5) is 19.0.